The number of anilines is 1. The molecule has 0 unspecified atom stereocenters. The van der Waals surface area contributed by atoms with Crippen molar-refractivity contribution in [3.05, 3.63) is 41.6 Å². The SMILES string of the molecule is COc1c(CNC2CCN(c3ccccc3)CC2)c(C(C)C)nn1C. The van der Waals surface area contributed by atoms with Crippen molar-refractivity contribution in [1.29, 1.82) is 0 Å². The van der Waals surface area contributed by atoms with Gasteiger partial charge in [-0.05, 0) is 30.9 Å². The van der Waals surface area contributed by atoms with Crippen molar-refractivity contribution in [3.8, 4) is 5.88 Å². The first-order valence-corrected chi connectivity index (χ1v) is 9.23. The standard InChI is InChI=1S/C20H30N4O/c1-15(2)19-18(20(25-4)23(3)22-19)14-21-16-10-12-24(13-11-16)17-8-6-5-7-9-17/h5-9,15-16,21H,10-14H2,1-4H3. The van der Waals surface area contributed by atoms with Gasteiger partial charge in [0.15, 0.2) is 0 Å². The van der Waals surface area contributed by atoms with E-state index >= 15 is 0 Å². The molecule has 1 aromatic heterocycles. The van der Waals surface area contributed by atoms with Crippen molar-refractivity contribution in [2.75, 3.05) is 25.1 Å². The monoisotopic (exact) mass is 342 g/mol. The summed E-state index contributed by atoms with van der Waals surface area (Å²) >= 11 is 0. The van der Waals surface area contributed by atoms with Crippen LogP contribution in [0.15, 0.2) is 30.3 Å². The third-order valence-corrected chi connectivity index (χ3v) is 5.04. The van der Waals surface area contributed by atoms with E-state index in [4.69, 9.17) is 4.74 Å². The number of piperidine rings is 1. The fourth-order valence-corrected chi connectivity index (χ4v) is 3.68. The van der Waals surface area contributed by atoms with E-state index in [1.165, 1.54) is 11.3 Å². The molecule has 136 valence electrons. The first-order valence-electron chi connectivity index (χ1n) is 9.23. The lowest BCUT2D eigenvalue weighted by Crippen LogP contribution is -2.42. The van der Waals surface area contributed by atoms with Gasteiger partial charge in [-0.2, -0.15) is 5.10 Å². The maximum Gasteiger partial charge on any atom is 0.216 e. The number of rotatable bonds is 6. The average Bonchev–Trinajstić information content (AvgIpc) is 2.97. The van der Waals surface area contributed by atoms with Crippen LogP contribution >= 0.6 is 0 Å². The Kier molecular flexibility index (Phi) is 5.63. The molecule has 1 aliphatic rings. The number of ether oxygens (including phenoxy) is 1. The predicted molar refractivity (Wildman–Crippen MR) is 102 cm³/mol. The van der Waals surface area contributed by atoms with Crippen LogP contribution in [0.3, 0.4) is 0 Å². The molecule has 0 atom stereocenters. The van der Waals surface area contributed by atoms with Crippen LogP contribution in [0.4, 0.5) is 5.69 Å². The van der Waals surface area contributed by atoms with Gasteiger partial charge in [-0.3, -0.25) is 0 Å². The van der Waals surface area contributed by atoms with Crippen LogP contribution in [0.5, 0.6) is 5.88 Å². The lowest BCUT2D eigenvalue weighted by Gasteiger charge is -2.34. The van der Waals surface area contributed by atoms with Crippen LogP contribution in [0.1, 0.15) is 43.9 Å². The minimum atomic E-state index is 0.395. The van der Waals surface area contributed by atoms with E-state index in [1.54, 1.807) is 7.11 Å². The minimum Gasteiger partial charge on any atom is -0.481 e. The number of para-hydroxylation sites is 1. The van der Waals surface area contributed by atoms with Gasteiger partial charge in [-0.15, -0.1) is 0 Å². The Labute approximate surface area is 151 Å². The highest BCUT2D eigenvalue weighted by molar-refractivity contribution is 5.46. The summed E-state index contributed by atoms with van der Waals surface area (Å²) in [5.41, 5.74) is 3.66. The van der Waals surface area contributed by atoms with Crippen molar-refractivity contribution in [2.24, 2.45) is 7.05 Å². The van der Waals surface area contributed by atoms with Crippen molar-refractivity contribution in [1.82, 2.24) is 15.1 Å². The molecule has 1 saturated heterocycles. The van der Waals surface area contributed by atoms with Crippen molar-refractivity contribution >= 4 is 5.69 Å². The molecule has 1 N–H and O–H groups in total. The smallest absolute Gasteiger partial charge is 0.216 e. The van der Waals surface area contributed by atoms with E-state index in [2.05, 4.69) is 59.5 Å². The molecule has 0 bridgehead atoms. The van der Waals surface area contributed by atoms with E-state index in [-0.39, 0.29) is 0 Å². The van der Waals surface area contributed by atoms with Crippen molar-refractivity contribution in [3.63, 3.8) is 0 Å². The van der Waals surface area contributed by atoms with Gasteiger partial charge in [-0.1, -0.05) is 32.0 Å². The Morgan fingerprint density at radius 3 is 2.48 bits per heavy atom. The predicted octanol–water partition coefficient (Wildman–Crippen LogP) is 3.31. The number of hydrogen-bond donors (Lipinski definition) is 1. The van der Waals surface area contributed by atoms with Crippen LogP contribution in [-0.2, 0) is 13.6 Å². The zero-order valence-electron chi connectivity index (χ0n) is 15.8. The Hall–Kier alpha value is -2.01. The number of aryl methyl sites for hydroxylation is 1. The Balaban J connectivity index is 1.59. The first-order chi connectivity index (χ1) is 12.1. The second-order valence-electron chi connectivity index (χ2n) is 7.13. The summed E-state index contributed by atoms with van der Waals surface area (Å²) in [6, 6.07) is 11.2. The molecule has 2 heterocycles. The molecular weight excluding hydrogens is 312 g/mol. The molecule has 1 aromatic carbocycles. The largest absolute Gasteiger partial charge is 0.481 e. The zero-order chi connectivity index (χ0) is 17.8. The molecule has 25 heavy (non-hydrogen) atoms. The first kappa shape index (κ1) is 17.8. The molecule has 0 radical (unpaired) electrons. The highest BCUT2D eigenvalue weighted by Crippen LogP contribution is 2.27. The quantitative estimate of drug-likeness (QED) is 0.874. The van der Waals surface area contributed by atoms with Gasteiger partial charge in [0.2, 0.25) is 5.88 Å². The van der Waals surface area contributed by atoms with Gasteiger partial charge in [0.05, 0.1) is 18.4 Å². The Morgan fingerprint density at radius 2 is 1.88 bits per heavy atom. The number of hydrogen-bond acceptors (Lipinski definition) is 4. The molecule has 1 aliphatic heterocycles. The van der Waals surface area contributed by atoms with Gasteiger partial charge in [0.1, 0.15) is 0 Å². The van der Waals surface area contributed by atoms with Crippen LogP contribution < -0.4 is 15.0 Å². The van der Waals surface area contributed by atoms with Gasteiger partial charge in [0.25, 0.3) is 0 Å². The normalized spacial score (nSPS) is 15.8. The molecule has 1 fully saturated rings. The highest BCUT2D eigenvalue weighted by Gasteiger charge is 2.22. The Morgan fingerprint density at radius 1 is 1.20 bits per heavy atom. The molecule has 5 heteroatoms. The molecule has 0 amide bonds. The zero-order valence-corrected chi connectivity index (χ0v) is 15.8. The summed E-state index contributed by atoms with van der Waals surface area (Å²) in [4.78, 5) is 2.47. The average molecular weight is 342 g/mol. The van der Waals surface area contributed by atoms with E-state index in [0.29, 0.717) is 12.0 Å². The molecular formula is C20H30N4O. The summed E-state index contributed by atoms with van der Waals surface area (Å²) in [7, 11) is 3.68. The van der Waals surface area contributed by atoms with E-state index < -0.39 is 0 Å². The van der Waals surface area contributed by atoms with E-state index in [1.807, 2.05) is 11.7 Å². The van der Waals surface area contributed by atoms with E-state index in [0.717, 1.165) is 44.0 Å². The third-order valence-electron chi connectivity index (χ3n) is 5.04. The maximum atomic E-state index is 5.57. The number of nitrogens with zero attached hydrogens (tertiary/aromatic N) is 3. The third kappa shape index (κ3) is 3.98. The number of benzene rings is 1. The summed E-state index contributed by atoms with van der Waals surface area (Å²) in [5.74, 6) is 1.27. The topological polar surface area (TPSA) is 42.3 Å². The van der Waals surface area contributed by atoms with E-state index in [9.17, 15) is 0 Å². The molecule has 5 nitrogen and oxygen atoms in total. The van der Waals surface area contributed by atoms with Gasteiger partial charge < -0.3 is 15.0 Å². The fourth-order valence-electron chi connectivity index (χ4n) is 3.68. The summed E-state index contributed by atoms with van der Waals surface area (Å²) in [6.45, 7) is 7.39. The summed E-state index contributed by atoms with van der Waals surface area (Å²) < 4.78 is 7.43. The van der Waals surface area contributed by atoms with Crippen molar-refractivity contribution < 1.29 is 4.74 Å². The van der Waals surface area contributed by atoms with Crippen LogP contribution in [0, 0.1) is 0 Å². The lowest BCUT2D eigenvalue weighted by molar-refractivity contribution is 0.362. The maximum absolute atomic E-state index is 5.57. The molecule has 2 aromatic rings. The van der Waals surface area contributed by atoms with Gasteiger partial charge in [0, 0.05) is 38.4 Å². The molecule has 0 saturated carbocycles. The van der Waals surface area contributed by atoms with Crippen LogP contribution in [0.25, 0.3) is 0 Å². The summed E-state index contributed by atoms with van der Waals surface area (Å²) in [5, 5.41) is 8.37. The van der Waals surface area contributed by atoms with Gasteiger partial charge in [-0.25, -0.2) is 4.68 Å². The molecule has 0 spiro atoms. The Bertz CT molecular complexity index is 673. The molecule has 0 aliphatic carbocycles. The second-order valence-corrected chi connectivity index (χ2v) is 7.13. The summed E-state index contributed by atoms with van der Waals surface area (Å²) in [6.07, 6.45) is 2.32. The fraction of sp³-hybridized carbons (Fsp3) is 0.550. The highest BCUT2D eigenvalue weighted by atomic mass is 16.5. The van der Waals surface area contributed by atoms with Crippen LogP contribution in [-0.4, -0.2) is 36.0 Å². The number of methoxy groups -OCH3 is 1. The number of aromatic nitrogens is 2. The van der Waals surface area contributed by atoms with Crippen LogP contribution in [0.2, 0.25) is 0 Å². The second kappa shape index (κ2) is 7.91. The van der Waals surface area contributed by atoms with Gasteiger partial charge >= 0.3 is 0 Å². The minimum absolute atomic E-state index is 0.395. The lowest BCUT2D eigenvalue weighted by atomic mass is 10.0. The number of nitrogens with one attached hydrogen (secondary N) is 1. The van der Waals surface area contributed by atoms with Crippen molar-refractivity contribution in [2.45, 2.75) is 45.2 Å². The molecule has 3 rings (SSSR count).